The number of benzene rings is 2. The van der Waals surface area contributed by atoms with Gasteiger partial charge in [0.05, 0.1) is 24.4 Å². The first kappa shape index (κ1) is 28.1. The molecule has 9 nitrogen and oxygen atoms in total. The summed E-state index contributed by atoms with van der Waals surface area (Å²) in [6.07, 6.45) is 0.0785. The smallest absolute Gasteiger partial charge is 0.254 e. The van der Waals surface area contributed by atoms with Crippen LogP contribution in [0.4, 0.5) is 19.6 Å². The maximum Gasteiger partial charge on any atom is 0.254 e. The molecule has 1 saturated heterocycles. The molecular weight excluding hydrogens is 528 g/mol. The van der Waals surface area contributed by atoms with Gasteiger partial charge in [0.1, 0.15) is 18.2 Å². The Morgan fingerprint density at radius 2 is 1.77 bits per heavy atom. The highest BCUT2D eigenvalue weighted by Gasteiger charge is 2.24. The maximum atomic E-state index is 14.1. The highest BCUT2D eigenvalue weighted by Crippen LogP contribution is 2.21. The van der Waals surface area contributed by atoms with Gasteiger partial charge in [0.2, 0.25) is 11.8 Å². The van der Waals surface area contributed by atoms with Gasteiger partial charge in [-0.15, -0.1) is 11.3 Å². The van der Waals surface area contributed by atoms with Crippen molar-refractivity contribution in [3.63, 3.8) is 0 Å². The van der Waals surface area contributed by atoms with E-state index in [0.717, 1.165) is 0 Å². The van der Waals surface area contributed by atoms with Crippen LogP contribution in [0.5, 0.6) is 0 Å². The van der Waals surface area contributed by atoms with E-state index in [1.165, 1.54) is 53.7 Å². The Labute approximate surface area is 229 Å². The highest BCUT2D eigenvalue weighted by atomic mass is 32.1. The Morgan fingerprint density at radius 3 is 2.46 bits per heavy atom. The number of thiazole rings is 1. The Morgan fingerprint density at radius 1 is 1.05 bits per heavy atom. The largest absolute Gasteiger partial charge is 0.383 e. The minimum atomic E-state index is -0.462. The van der Waals surface area contributed by atoms with Gasteiger partial charge < -0.3 is 24.8 Å². The fraction of sp³-hybridized carbons (Fsp3) is 0.333. The van der Waals surface area contributed by atoms with Crippen molar-refractivity contribution in [1.29, 1.82) is 0 Å². The molecule has 4 rings (SSSR count). The zero-order chi connectivity index (χ0) is 27.8. The first-order valence-electron chi connectivity index (χ1n) is 12.4. The SMILES string of the molecule is COCCN(CC(=O)Nc1nc(CC(=O)N2CCN(c3ccccc3F)CC2)cs1)C(=O)c1ccc(F)cc1. The summed E-state index contributed by atoms with van der Waals surface area (Å²) in [5, 5.41) is 4.69. The molecule has 1 aliphatic rings. The number of anilines is 2. The van der Waals surface area contributed by atoms with Crippen LogP contribution >= 0.6 is 11.3 Å². The number of amides is 3. The van der Waals surface area contributed by atoms with E-state index in [2.05, 4.69) is 10.3 Å². The molecule has 1 N–H and O–H groups in total. The Bertz CT molecular complexity index is 1300. The van der Waals surface area contributed by atoms with E-state index in [0.29, 0.717) is 42.7 Å². The van der Waals surface area contributed by atoms with Crippen LogP contribution in [0.3, 0.4) is 0 Å². The van der Waals surface area contributed by atoms with Gasteiger partial charge in [0, 0.05) is 50.8 Å². The van der Waals surface area contributed by atoms with Gasteiger partial charge in [-0.1, -0.05) is 12.1 Å². The highest BCUT2D eigenvalue weighted by molar-refractivity contribution is 7.13. The molecule has 0 bridgehead atoms. The first-order chi connectivity index (χ1) is 18.8. The molecule has 206 valence electrons. The summed E-state index contributed by atoms with van der Waals surface area (Å²) >= 11 is 1.18. The minimum absolute atomic E-state index is 0.0785. The number of ether oxygens (including phenoxy) is 1. The van der Waals surface area contributed by atoms with E-state index in [1.807, 2.05) is 4.90 Å². The first-order valence-corrected chi connectivity index (χ1v) is 13.3. The van der Waals surface area contributed by atoms with Crippen LogP contribution in [-0.2, 0) is 20.7 Å². The van der Waals surface area contributed by atoms with E-state index >= 15 is 0 Å². The summed E-state index contributed by atoms with van der Waals surface area (Å²) in [6.45, 7) is 2.14. The van der Waals surface area contributed by atoms with Crippen LogP contribution in [0.25, 0.3) is 0 Å². The lowest BCUT2D eigenvalue weighted by atomic mass is 10.2. The molecule has 2 aromatic carbocycles. The van der Waals surface area contributed by atoms with Crippen LogP contribution < -0.4 is 10.2 Å². The second kappa shape index (κ2) is 13.3. The van der Waals surface area contributed by atoms with Crippen molar-refractivity contribution in [2.24, 2.45) is 0 Å². The Balaban J connectivity index is 1.28. The summed E-state index contributed by atoms with van der Waals surface area (Å²) in [6, 6.07) is 11.7. The summed E-state index contributed by atoms with van der Waals surface area (Å²) in [5.41, 5.74) is 1.31. The second-order valence-electron chi connectivity index (χ2n) is 8.91. The van der Waals surface area contributed by atoms with Crippen LogP contribution in [0, 0.1) is 11.6 Å². The standard InChI is InChI=1S/C27H29F2N5O4S/c1-38-15-14-34(26(37)19-6-8-20(28)9-7-19)17-24(35)31-27-30-21(18-39-27)16-25(36)33-12-10-32(11-13-33)23-5-3-2-4-22(23)29/h2-9,18H,10-17H2,1H3,(H,30,31,35). The zero-order valence-corrected chi connectivity index (χ0v) is 22.3. The summed E-state index contributed by atoms with van der Waals surface area (Å²) < 4.78 is 32.4. The number of hydrogen-bond donors (Lipinski definition) is 1. The van der Waals surface area contributed by atoms with Crippen molar-refractivity contribution in [2.45, 2.75) is 6.42 Å². The molecule has 0 unspecified atom stereocenters. The lowest BCUT2D eigenvalue weighted by Crippen LogP contribution is -2.49. The predicted molar refractivity (Wildman–Crippen MR) is 144 cm³/mol. The lowest BCUT2D eigenvalue weighted by molar-refractivity contribution is -0.130. The molecule has 1 aliphatic heterocycles. The third kappa shape index (κ3) is 7.58. The van der Waals surface area contributed by atoms with Crippen molar-refractivity contribution in [3.8, 4) is 0 Å². The summed E-state index contributed by atoms with van der Waals surface area (Å²) in [4.78, 5) is 47.6. The fourth-order valence-electron chi connectivity index (χ4n) is 4.18. The molecule has 1 fully saturated rings. The molecule has 12 heteroatoms. The number of rotatable bonds is 10. The van der Waals surface area contributed by atoms with Crippen LogP contribution in [0.1, 0.15) is 16.1 Å². The monoisotopic (exact) mass is 557 g/mol. The molecule has 39 heavy (non-hydrogen) atoms. The second-order valence-corrected chi connectivity index (χ2v) is 9.77. The van der Waals surface area contributed by atoms with Gasteiger partial charge in [0.15, 0.2) is 5.13 Å². The molecule has 1 aromatic heterocycles. The quantitative estimate of drug-likeness (QED) is 0.412. The third-order valence-corrected chi connectivity index (χ3v) is 7.04. The number of nitrogens with one attached hydrogen (secondary N) is 1. The minimum Gasteiger partial charge on any atom is -0.383 e. The number of hydrogen-bond acceptors (Lipinski definition) is 7. The zero-order valence-electron chi connectivity index (χ0n) is 21.4. The van der Waals surface area contributed by atoms with Gasteiger partial charge in [-0.05, 0) is 36.4 Å². The molecule has 2 heterocycles. The fourth-order valence-corrected chi connectivity index (χ4v) is 4.90. The number of aromatic nitrogens is 1. The number of halogens is 2. The van der Waals surface area contributed by atoms with Crippen molar-refractivity contribution in [2.75, 3.05) is 63.2 Å². The van der Waals surface area contributed by atoms with Crippen molar-refractivity contribution in [3.05, 3.63) is 76.8 Å². The van der Waals surface area contributed by atoms with Crippen LogP contribution in [0.2, 0.25) is 0 Å². The van der Waals surface area contributed by atoms with Gasteiger partial charge >= 0.3 is 0 Å². The molecule has 0 radical (unpaired) electrons. The number of carbonyl (C=O) groups excluding carboxylic acids is 3. The lowest BCUT2D eigenvalue weighted by Gasteiger charge is -2.36. The van der Waals surface area contributed by atoms with E-state index in [-0.39, 0.29) is 43.4 Å². The summed E-state index contributed by atoms with van der Waals surface area (Å²) in [7, 11) is 1.49. The van der Waals surface area contributed by atoms with Gasteiger partial charge in [-0.25, -0.2) is 13.8 Å². The Hall–Kier alpha value is -3.90. The van der Waals surface area contributed by atoms with Gasteiger partial charge in [-0.3, -0.25) is 14.4 Å². The molecule has 3 amide bonds. The molecular formula is C27H29F2N5O4S. The number of para-hydroxylation sites is 1. The topological polar surface area (TPSA) is 95.1 Å². The number of piperazine rings is 1. The maximum absolute atomic E-state index is 14.1. The van der Waals surface area contributed by atoms with Gasteiger partial charge in [0.25, 0.3) is 5.91 Å². The van der Waals surface area contributed by atoms with Gasteiger partial charge in [-0.2, -0.15) is 0 Å². The third-order valence-electron chi connectivity index (χ3n) is 6.23. The van der Waals surface area contributed by atoms with E-state index in [9.17, 15) is 23.2 Å². The number of carbonyl (C=O) groups is 3. The molecule has 0 atom stereocenters. The molecule has 0 spiro atoms. The predicted octanol–water partition coefficient (Wildman–Crippen LogP) is 3.04. The van der Waals surface area contributed by atoms with Crippen LogP contribution in [0.15, 0.2) is 53.9 Å². The van der Waals surface area contributed by atoms with Crippen molar-refractivity contribution >= 4 is 39.9 Å². The van der Waals surface area contributed by atoms with E-state index in [4.69, 9.17) is 4.74 Å². The van der Waals surface area contributed by atoms with E-state index < -0.39 is 17.6 Å². The van der Waals surface area contributed by atoms with Crippen LogP contribution in [-0.4, -0.2) is 85.5 Å². The van der Waals surface area contributed by atoms with E-state index in [1.54, 1.807) is 28.5 Å². The number of nitrogens with zero attached hydrogens (tertiary/aromatic N) is 4. The summed E-state index contributed by atoms with van der Waals surface area (Å²) in [5.74, 6) is -1.73. The molecule has 0 saturated carbocycles. The average molecular weight is 558 g/mol. The average Bonchev–Trinajstić information content (AvgIpc) is 3.37. The molecule has 0 aliphatic carbocycles. The van der Waals surface area contributed by atoms with Crippen molar-refractivity contribution < 1.29 is 27.9 Å². The Kier molecular flexibility index (Phi) is 9.55. The number of methoxy groups -OCH3 is 1. The normalized spacial score (nSPS) is 13.3. The molecule has 3 aromatic rings. The van der Waals surface area contributed by atoms with Crippen molar-refractivity contribution in [1.82, 2.24) is 14.8 Å².